The summed E-state index contributed by atoms with van der Waals surface area (Å²) in [6.07, 6.45) is 3.26. The molecule has 1 heterocycles. The summed E-state index contributed by atoms with van der Waals surface area (Å²) in [5, 5.41) is 19.9. The van der Waals surface area contributed by atoms with Crippen molar-refractivity contribution in [1.82, 2.24) is 4.90 Å². The highest BCUT2D eigenvalue weighted by Gasteiger charge is 2.40. The molecule has 4 heteroatoms. The second-order valence-electron chi connectivity index (χ2n) is 8.24. The monoisotopic (exact) mass is 367 g/mol. The topological polar surface area (TPSA) is 52.9 Å². The first kappa shape index (κ1) is 18.3. The van der Waals surface area contributed by atoms with Crippen LogP contribution in [0.15, 0.2) is 48.5 Å². The van der Waals surface area contributed by atoms with Gasteiger partial charge in [0.15, 0.2) is 0 Å². The van der Waals surface area contributed by atoms with Crippen LogP contribution in [-0.4, -0.2) is 41.9 Å². The van der Waals surface area contributed by atoms with Crippen LogP contribution in [0.5, 0.6) is 11.5 Å². The Morgan fingerprint density at radius 1 is 1.00 bits per heavy atom. The Labute approximate surface area is 161 Å². The molecule has 2 N–H and O–H groups in total. The van der Waals surface area contributed by atoms with Gasteiger partial charge >= 0.3 is 0 Å². The van der Waals surface area contributed by atoms with Crippen LogP contribution >= 0.6 is 0 Å². The molecule has 144 valence electrons. The Kier molecular flexibility index (Phi) is 5.37. The Bertz CT molecular complexity index is 729. The number of β-amino-alcohol motifs (C(OH)–C–C–N with tert-alkyl or cyclic N) is 1. The van der Waals surface area contributed by atoms with Gasteiger partial charge in [0.2, 0.25) is 0 Å². The van der Waals surface area contributed by atoms with Crippen LogP contribution in [0, 0.1) is 17.8 Å². The van der Waals surface area contributed by atoms with Gasteiger partial charge in [-0.2, -0.15) is 0 Å². The predicted molar refractivity (Wildman–Crippen MR) is 106 cm³/mol. The van der Waals surface area contributed by atoms with Crippen molar-refractivity contribution in [2.45, 2.75) is 25.4 Å². The van der Waals surface area contributed by atoms with E-state index in [9.17, 15) is 10.2 Å². The van der Waals surface area contributed by atoms with E-state index in [1.807, 2.05) is 12.1 Å². The molecule has 2 aliphatic rings. The van der Waals surface area contributed by atoms with E-state index >= 15 is 0 Å². The summed E-state index contributed by atoms with van der Waals surface area (Å²) in [6, 6.07) is 15.4. The van der Waals surface area contributed by atoms with Gasteiger partial charge in [0.1, 0.15) is 11.5 Å². The van der Waals surface area contributed by atoms with Crippen LogP contribution < -0.4 is 4.74 Å². The van der Waals surface area contributed by atoms with Gasteiger partial charge in [-0.1, -0.05) is 24.3 Å². The number of hydrogen-bond donors (Lipinski definition) is 2. The smallest absolute Gasteiger partial charge is 0.118 e. The van der Waals surface area contributed by atoms with E-state index in [4.69, 9.17) is 4.74 Å². The summed E-state index contributed by atoms with van der Waals surface area (Å²) in [5.41, 5.74) is 2.28. The fourth-order valence-corrected chi connectivity index (χ4v) is 4.98. The molecule has 1 saturated carbocycles. The van der Waals surface area contributed by atoms with Gasteiger partial charge in [-0.15, -0.1) is 0 Å². The van der Waals surface area contributed by atoms with E-state index in [1.54, 1.807) is 19.2 Å². The fraction of sp³-hybridized carbons (Fsp3) is 0.478. The minimum absolute atomic E-state index is 0.240. The lowest BCUT2D eigenvalue weighted by molar-refractivity contribution is 0.120. The number of aliphatic hydroxyl groups excluding tert-OH is 1. The Hall–Kier alpha value is -2.04. The number of nitrogens with zero attached hydrogens (tertiary/aromatic N) is 1. The van der Waals surface area contributed by atoms with Crippen molar-refractivity contribution < 1.29 is 14.9 Å². The highest BCUT2D eigenvalue weighted by atomic mass is 16.5. The molecule has 2 aromatic carbocycles. The van der Waals surface area contributed by atoms with Gasteiger partial charge in [-0.3, -0.25) is 4.90 Å². The van der Waals surface area contributed by atoms with Crippen molar-refractivity contribution in [3.8, 4) is 11.5 Å². The average molecular weight is 367 g/mol. The number of rotatable bonds is 6. The average Bonchev–Trinajstić information content (AvgIpc) is 3.20. The van der Waals surface area contributed by atoms with E-state index in [0.717, 1.165) is 48.6 Å². The molecule has 1 saturated heterocycles. The number of methoxy groups -OCH3 is 1. The molecule has 1 aliphatic carbocycles. The molecular weight excluding hydrogens is 338 g/mol. The van der Waals surface area contributed by atoms with Crippen LogP contribution in [0.4, 0.5) is 0 Å². The number of fused-ring (bicyclic) bond motifs is 1. The zero-order chi connectivity index (χ0) is 18.8. The third-order valence-electron chi connectivity index (χ3n) is 6.32. The molecule has 0 aromatic heterocycles. The number of aromatic hydroxyl groups is 1. The molecule has 0 bridgehead atoms. The van der Waals surface area contributed by atoms with Crippen LogP contribution in [0.25, 0.3) is 0 Å². The van der Waals surface area contributed by atoms with E-state index in [0.29, 0.717) is 6.54 Å². The molecule has 2 fully saturated rings. The lowest BCUT2D eigenvalue weighted by atomic mass is 9.96. The summed E-state index contributed by atoms with van der Waals surface area (Å²) in [6.45, 7) is 2.87. The highest BCUT2D eigenvalue weighted by molar-refractivity contribution is 5.28. The van der Waals surface area contributed by atoms with Crippen LogP contribution in [-0.2, 0) is 6.42 Å². The van der Waals surface area contributed by atoms with Crippen molar-refractivity contribution in [3.63, 3.8) is 0 Å². The third-order valence-corrected chi connectivity index (χ3v) is 6.32. The molecule has 0 radical (unpaired) electrons. The maximum Gasteiger partial charge on any atom is 0.118 e. The molecule has 0 amide bonds. The first-order valence-corrected chi connectivity index (χ1v) is 9.93. The van der Waals surface area contributed by atoms with Gasteiger partial charge in [0.25, 0.3) is 0 Å². The lowest BCUT2D eigenvalue weighted by Gasteiger charge is -2.22. The molecule has 2 aromatic rings. The first-order chi connectivity index (χ1) is 13.1. The summed E-state index contributed by atoms with van der Waals surface area (Å²) in [5.74, 6) is 3.47. The minimum Gasteiger partial charge on any atom is -0.508 e. The van der Waals surface area contributed by atoms with Crippen LogP contribution in [0.1, 0.15) is 30.1 Å². The summed E-state index contributed by atoms with van der Waals surface area (Å²) in [4.78, 5) is 2.41. The maximum absolute atomic E-state index is 10.5. The number of benzene rings is 2. The summed E-state index contributed by atoms with van der Waals surface area (Å²) < 4.78 is 5.24. The van der Waals surface area contributed by atoms with E-state index in [-0.39, 0.29) is 5.75 Å². The summed E-state index contributed by atoms with van der Waals surface area (Å²) >= 11 is 0. The number of ether oxygens (including phenoxy) is 1. The molecule has 4 rings (SSSR count). The first-order valence-electron chi connectivity index (χ1n) is 9.93. The summed E-state index contributed by atoms with van der Waals surface area (Å²) in [7, 11) is 1.71. The van der Waals surface area contributed by atoms with Crippen LogP contribution in [0.3, 0.4) is 0 Å². The molecule has 4 nitrogen and oxygen atoms in total. The normalized spacial score (nSPS) is 24.1. The van der Waals surface area contributed by atoms with Crippen molar-refractivity contribution >= 4 is 0 Å². The lowest BCUT2D eigenvalue weighted by Crippen LogP contribution is -2.28. The molecular formula is C23H29NO3. The number of phenols is 1. The maximum atomic E-state index is 10.5. The van der Waals surface area contributed by atoms with Crippen molar-refractivity contribution in [1.29, 1.82) is 0 Å². The SMILES string of the molecule is COc1ccc(CC2C[C@H]3CN(C[C@H](O)c4ccc(O)cc4)C[C@@H]3C2)cc1. The standard InChI is InChI=1S/C23H29NO3/c1-27-22-8-2-16(3-9-22)10-17-11-19-13-24(14-20(19)12-17)15-23(26)18-4-6-21(25)7-5-18/h2-9,17,19-20,23,25-26H,10-15H2,1H3/t19-,20-,23-/m0/s1. The largest absolute Gasteiger partial charge is 0.508 e. The van der Waals surface area contributed by atoms with Gasteiger partial charge in [0, 0.05) is 19.6 Å². The van der Waals surface area contributed by atoms with Crippen LogP contribution in [0.2, 0.25) is 0 Å². The highest BCUT2D eigenvalue weighted by Crippen LogP contribution is 2.43. The fourth-order valence-electron chi connectivity index (χ4n) is 4.98. The Balaban J connectivity index is 1.27. The van der Waals surface area contributed by atoms with Gasteiger partial charge < -0.3 is 14.9 Å². The zero-order valence-corrected chi connectivity index (χ0v) is 15.9. The van der Waals surface area contributed by atoms with Crippen molar-refractivity contribution in [3.05, 3.63) is 59.7 Å². The van der Waals surface area contributed by atoms with Gasteiger partial charge in [0.05, 0.1) is 13.2 Å². The zero-order valence-electron chi connectivity index (χ0n) is 15.9. The van der Waals surface area contributed by atoms with Crippen molar-refractivity contribution in [2.24, 2.45) is 17.8 Å². The number of phenolic OH excluding ortho intramolecular Hbond substituents is 1. The quantitative estimate of drug-likeness (QED) is 0.819. The Morgan fingerprint density at radius 3 is 2.22 bits per heavy atom. The molecule has 0 spiro atoms. The molecule has 27 heavy (non-hydrogen) atoms. The second-order valence-corrected chi connectivity index (χ2v) is 8.24. The van der Waals surface area contributed by atoms with Gasteiger partial charge in [-0.25, -0.2) is 0 Å². The number of likely N-dealkylation sites (tertiary alicyclic amines) is 1. The van der Waals surface area contributed by atoms with E-state index in [1.165, 1.54) is 18.4 Å². The molecule has 1 aliphatic heterocycles. The predicted octanol–water partition coefficient (Wildman–Crippen LogP) is 3.63. The third kappa shape index (κ3) is 4.28. The number of aliphatic hydroxyl groups is 1. The molecule has 3 atom stereocenters. The van der Waals surface area contributed by atoms with E-state index < -0.39 is 6.10 Å². The van der Waals surface area contributed by atoms with E-state index in [2.05, 4.69) is 29.2 Å². The second kappa shape index (κ2) is 7.91. The Morgan fingerprint density at radius 2 is 1.63 bits per heavy atom. The van der Waals surface area contributed by atoms with Crippen molar-refractivity contribution in [2.75, 3.05) is 26.7 Å². The van der Waals surface area contributed by atoms with Gasteiger partial charge in [-0.05, 0) is 72.4 Å². The number of hydrogen-bond acceptors (Lipinski definition) is 4. The molecule has 0 unspecified atom stereocenters. The minimum atomic E-state index is -0.487.